The summed E-state index contributed by atoms with van der Waals surface area (Å²) in [5, 5.41) is 3.33. The summed E-state index contributed by atoms with van der Waals surface area (Å²) in [5.74, 6) is 0. The van der Waals surface area contributed by atoms with Crippen LogP contribution >= 0.6 is 8.58 Å². The summed E-state index contributed by atoms with van der Waals surface area (Å²) in [4.78, 5) is 0. The van der Waals surface area contributed by atoms with Gasteiger partial charge in [-0.1, -0.05) is 152 Å². The highest BCUT2D eigenvalue weighted by Crippen LogP contribution is 2.30. The number of rotatable bonds is 35. The van der Waals surface area contributed by atoms with Crippen LogP contribution in [0.15, 0.2) is 48.6 Å². The van der Waals surface area contributed by atoms with Crippen molar-refractivity contribution in [3.05, 3.63) is 48.6 Å². The summed E-state index contributed by atoms with van der Waals surface area (Å²) in [5.41, 5.74) is 1.01. The smallest absolute Gasteiger partial charge is 0.00487 e. The maximum atomic E-state index is 3.33. The molecule has 0 aromatic carbocycles. The van der Waals surface area contributed by atoms with Gasteiger partial charge >= 0.3 is 0 Å². The van der Waals surface area contributed by atoms with Crippen molar-refractivity contribution in [3.63, 3.8) is 0 Å². The Morgan fingerprint density at radius 1 is 0.442 bits per heavy atom. The molecule has 43 heavy (non-hydrogen) atoms. The first kappa shape index (κ1) is 42.3. The Balaban J connectivity index is 3.76. The lowest BCUT2D eigenvalue weighted by molar-refractivity contribution is 0.536. The van der Waals surface area contributed by atoms with Crippen LogP contribution < -0.4 is 5.32 Å². The highest BCUT2D eigenvalue weighted by Gasteiger charge is 2.08. The maximum absolute atomic E-state index is 3.33. The van der Waals surface area contributed by atoms with Gasteiger partial charge < -0.3 is 5.32 Å². The number of nitrogens with one attached hydrogen (secondary N) is 1. The molecule has 1 unspecified atom stereocenters. The zero-order valence-corrected chi connectivity index (χ0v) is 30.7. The van der Waals surface area contributed by atoms with Gasteiger partial charge in [0.2, 0.25) is 0 Å². The van der Waals surface area contributed by atoms with E-state index in [1.54, 1.807) is 0 Å². The van der Waals surface area contributed by atoms with Gasteiger partial charge in [0.1, 0.15) is 0 Å². The minimum absolute atomic E-state index is 1.01. The molecule has 0 aliphatic rings. The molecular weight excluding hydrogens is 537 g/mol. The Kier molecular flexibility index (Phi) is 38.8. The lowest BCUT2D eigenvalue weighted by atomic mass is 10.0. The summed E-state index contributed by atoms with van der Waals surface area (Å²) in [6, 6.07) is 0. The Morgan fingerprint density at radius 2 is 0.814 bits per heavy atom. The van der Waals surface area contributed by atoms with Gasteiger partial charge in [-0.05, 0) is 109 Å². The van der Waals surface area contributed by atoms with Gasteiger partial charge in [0, 0.05) is 0 Å². The molecule has 1 nitrogen and oxygen atoms in total. The molecule has 0 saturated heterocycles. The predicted octanol–water partition coefficient (Wildman–Crippen LogP) is 14.1. The van der Waals surface area contributed by atoms with E-state index in [2.05, 4.69) is 74.8 Å². The van der Waals surface area contributed by atoms with Crippen molar-refractivity contribution in [1.29, 1.82) is 0 Å². The van der Waals surface area contributed by atoms with E-state index in [1.165, 1.54) is 182 Å². The largest absolute Gasteiger partial charge is 0.320 e. The molecule has 0 saturated carbocycles. The molecule has 2 heteroatoms. The lowest BCUT2D eigenvalue weighted by Crippen LogP contribution is -2.09. The van der Waals surface area contributed by atoms with Crippen LogP contribution in [0.3, 0.4) is 0 Å². The third-order valence-corrected chi connectivity index (χ3v) is 10.3. The van der Waals surface area contributed by atoms with Gasteiger partial charge in [-0.3, -0.25) is 0 Å². The van der Waals surface area contributed by atoms with E-state index < -0.39 is 0 Å². The fraction of sp³-hybridized carbons (Fsp3) is 0.805. The SMILES string of the molecule is CCCCC/C=C\C/C=C\CCCCCCCCC(CCCCCCCC/C=C\C/C=C\CCCCC)PCCCNC. The molecule has 0 bridgehead atoms. The number of unbranched alkanes of at least 4 members (excludes halogenated alkanes) is 18. The number of hydrogen-bond acceptors (Lipinski definition) is 1. The van der Waals surface area contributed by atoms with Crippen LogP contribution in [0.2, 0.25) is 0 Å². The zero-order chi connectivity index (χ0) is 31.2. The van der Waals surface area contributed by atoms with Gasteiger partial charge in [-0.15, -0.1) is 8.58 Å². The fourth-order valence-corrected chi connectivity index (χ4v) is 7.28. The van der Waals surface area contributed by atoms with Crippen molar-refractivity contribution in [2.24, 2.45) is 0 Å². The Bertz CT molecular complexity index is 571. The predicted molar refractivity (Wildman–Crippen MR) is 203 cm³/mol. The van der Waals surface area contributed by atoms with Crippen LogP contribution in [-0.2, 0) is 0 Å². The van der Waals surface area contributed by atoms with E-state index >= 15 is 0 Å². The Labute approximate surface area is 274 Å². The molecule has 1 N–H and O–H groups in total. The van der Waals surface area contributed by atoms with Gasteiger partial charge in [0.15, 0.2) is 0 Å². The molecule has 0 fully saturated rings. The van der Waals surface area contributed by atoms with Crippen LogP contribution in [0.25, 0.3) is 0 Å². The molecule has 0 radical (unpaired) electrons. The lowest BCUT2D eigenvalue weighted by Gasteiger charge is -2.17. The number of allylic oxidation sites excluding steroid dienone is 8. The standard InChI is InChI=1S/C41H78NP/c1-4-6-8-10-12-14-16-18-20-22-24-26-28-30-32-34-37-41(43-40-36-39-42-3)38-35-33-31-29-27-25-23-21-19-17-15-13-11-9-7-5-2/h12-15,18-21,41-43H,4-11,16-17,22-40H2,1-3H3/b14-12-,15-13-,20-18-,21-19-. The molecule has 0 aliphatic carbocycles. The minimum atomic E-state index is 1.01. The minimum Gasteiger partial charge on any atom is -0.320 e. The Hall–Kier alpha value is -0.650. The van der Waals surface area contributed by atoms with Crippen LogP contribution in [0, 0.1) is 0 Å². The molecular formula is C41H78NP. The summed E-state index contributed by atoms with van der Waals surface area (Å²) < 4.78 is 0. The molecule has 0 aliphatic heterocycles. The molecule has 0 heterocycles. The van der Waals surface area contributed by atoms with E-state index in [-0.39, 0.29) is 0 Å². The monoisotopic (exact) mass is 616 g/mol. The van der Waals surface area contributed by atoms with Crippen molar-refractivity contribution >= 4 is 8.58 Å². The van der Waals surface area contributed by atoms with E-state index in [1.807, 2.05) is 0 Å². The van der Waals surface area contributed by atoms with E-state index in [4.69, 9.17) is 0 Å². The van der Waals surface area contributed by atoms with Gasteiger partial charge in [0.25, 0.3) is 0 Å². The van der Waals surface area contributed by atoms with E-state index in [9.17, 15) is 0 Å². The molecule has 0 amide bonds. The maximum Gasteiger partial charge on any atom is -0.00487 e. The quantitative estimate of drug-likeness (QED) is 0.0425. The third kappa shape index (κ3) is 37.4. The van der Waals surface area contributed by atoms with E-state index in [0.717, 1.165) is 18.5 Å². The average Bonchev–Trinajstić information content (AvgIpc) is 3.02. The first-order chi connectivity index (χ1) is 21.3. The molecule has 252 valence electrons. The van der Waals surface area contributed by atoms with Crippen molar-refractivity contribution in [3.8, 4) is 0 Å². The second-order valence-corrected chi connectivity index (χ2v) is 14.6. The topological polar surface area (TPSA) is 12.0 Å². The van der Waals surface area contributed by atoms with E-state index in [0.29, 0.717) is 0 Å². The van der Waals surface area contributed by atoms with Crippen molar-refractivity contribution < 1.29 is 0 Å². The van der Waals surface area contributed by atoms with Crippen LogP contribution in [0.5, 0.6) is 0 Å². The number of hydrogen-bond donors (Lipinski definition) is 1. The van der Waals surface area contributed by atoms with Gasteiger partial charge in [-0.2, -0.15) is 0 Å². The zero-order valence-electron chi connectivity index (χ0n) is 29.7. The second-order valence-electron chi connectivity index (χ2n) is 12.9. The summed E-state index contributed by atoms with van der Waals surface area (Å²) in [6.07, 6.45) is 57.4. The van der Waals surface area contributed by atoms with Gasteiger partial charge in [0.05, 0.1) is 0 Å². The molecule has 0 aromatic heterocycles. The second kappa shape index (κ2) is 39.4. The molecule has 1 atom stereocenters. The van der Waals surface area contributed by atoms with Crippen LogP contribution in [0.4, 0.5) is 0 Å². The Morgan fingerprint density at radius 3 is 1.21 bits per heavy atom. The van der Waals surface area contributed by atoms with Crippen molar-refractivity contribution in [1.82, 2.24) is 5.32 Å². The first-order valence-corrected chi connectivity index (χ1v) is 20.6. The van der Waals surface area contributed by atoms with Gasteiger partial charge in [-0.25, -0.2) is 0 Å². The average molecular weight is 616 g/mol. The normalized spacial score (nSPS) is 12.7. The fourth-order valence-electron chi connectivity index (χ4n) is 5.68. The van der Waals surface area contributed by atoms with Crippen LogP contribution in [-0.4, -0.2) is 25.4 Å². The molecule has 0 aromatic rings. The summed E-state index contributed by atoms with van der Waals surface area (Å²) in [6.45, 7) is 5.74. The molecule has 0 rings (SSSR count). The third-order valence-electron chi connectivity index (χ3n) is 8.54. The molecule has 0 spiro atoms. The van der Waals surface area contributed by atoms with Crippen LogP contribution in [0.1, 0.15) is 187 Å². The summed E-state index contributed by atoms with van der Waals surface area (Å²) in [7, 11) is 3.28. The summed E-state index contributed by atoms with van der Waals surface area (Å²) >= 11 is 0. The van der Waals surface area contributed by atoms with Crippen molar-refractivity contribution in [2.45, 2.75) is 193 Å². The first-order valence-electron chi connectivity index (χ1n) is 19.3. The highest BCUT2D eigenvalue weighted by atomic mass is 31.1. The van der Waals surface area contributed by atoms with Crippen molar-refractivity contribution in [2.75, 3.05) is 19.8 Å². The highest BCUT2D eigenvalue weighted by molar-refractivity contribution is 7.38.